The van der Waals surface area contributed by atoms with Crippen molar-refractivity contribution in [1.82, 2.24) is 0 Å². The van der Waals surface area contributed by atoms with Crippen molar-refractivity contribution in [2.45, 2.75) is 31.8 Å². The first-order chi connectivity index (χ1) is 6.14. The van der Waals surface area contributed by atoms with Gasteiger partial charge in [-0.3, -0.25) is 4.79 Å². The van der Waals surface area contributed by atoms with E-state index in [1.54, 1.807) is 6.92 Å². The second kappa shape index (κ2) is 3.80. The molecule has 1 saturated carbocycles. The van der Waals surface area contributed by atoms with Gasteiger partial charge in [-0.1, -0.05) is 5.92 Å². The van der Waals surface area contributed by atoms with E-state index in [-0.39, 0.29) is 5.97 Å². The summed E-state index contributed by atoms with van der Waals surface area (Å²) in [5.74, 6) is 1.38. The molecule has 1 N–H and O–H groups in total. The normalized spacial score (nSPS) is 32.5. The third-order valence-electron chi connectivity index (χ3n) is 2.45. The number of rotatable bonds is 2. The van der Waals surface area contributed by atoms with E-state index in [1.807, 2.05) is 0 Å². The monoisotopic (exact) mass is 182 g/mol. The first-order valence-electron chi connectivity index (χ1n) is 4.51. The molecule has 0 radical (unpaired) electrons. The molecule has 72 valence electrons. The lowest BCUT2D eigenvalue weighted by molar-refractivity contribution is -0.153. The number of ether oxygens (including phenoxy) is 1. The molecule has 0 aromatic heterocycles. The van der Waals surface area contributed by atoms with Crippen LogP contribution in [-0.4, -0.2) is 23.3 Å². The molecule has 1 fully saturated rings. The highest BCUT2D eigenvalue weighted by Gasteiger charge is 2.44. The van der Waals surface area contributed by atoms with Crippen LogP contribution in [0.15, 0.2) is 0 Å². The molecule has 0 amide bonds. The molecule has 0 aliphatic heterocycles. The lowest BCUT2D eigenvalue weighted by Gasteiger charge is -2.22. The molecular formula is C10H14O3. The molecule has 3 nitrogen and oxygen atoms in total. The molecule has 0 saturated heterocycles. The van der Waals surface area contributed by atoms with Gasteiger partial charge in [0.05, 0.1) is 12.5 Å². The van der Waals surface area contributed by atoms with Crippen molar-refractivity contribution in [2.24, 2.45) is 5.92 Å². The van der Waals surface area contributed by atoms with Crippen LogP contribution in [0, 0.1) is 18.3 Å². The molecule has 0 aromatic rings. The third-order valence-corrected chi connectivity index (χ3v) is 2.45. The Bertz CT molecular complexity index is 241. The molecule has 1 rings (SSSR count). The number of carbonyl (C=O) groups is 1. The highest BCUT2D eigenvalue weighted by Crippen LogP contribution is 2.35. The van der Waals surface area contributed by atoms with Crippen LogP contribution < -0.4 is 0 Å². The summed E-state index contributed by atoms with van der Waals surface area (Å²) in [5, 5.41) is 9.82. The molecule has 0 bridgehead atoms. The smallest absolute Gasteiger partial charge is 0.312 e. The van der Waals surface area contributed by atoms with Crippen molar-refractivity contribution in [3.8, 4) is 12.3 Å². The van der Waals surface area contributed by atoms with E-state index in [2.05, 4.69) is 5.92 Å². The molecule has 0 heterocycles. The van der Waals surface area contributed by atoms with Crippen LogP contribution in [0.5, 0.6) is 0 Å². The minimum Gasteiger partial charge on any atom is -0.466 e. The number of terminal acetylenes is 1. The number of hydrogen-bond acceptors (Lipinski definition) is 3. The van der Waals surface area contributed by atoms with E-state index in [9.17, 15) is 9.90 Å². The second-order valence-electron chi connectivity index (χ2n) is 3.27. The first-order valence-corrected chi connectivity index (χ1v) is 4.51. The average Bonchev–Trinajstić information content (AvgIpc) is 2.49. The van der Waals surface area contributed by atoms with Gasteiger partial charge in [-0.05, 0) is 26.2 Å². The number of esters is 1. The summed E-state index contributed by atoms with van der Waals surface area (Å²) < 4.78 is 4.83. The lowest BCUT2D eigenvalue weighted by Crippen LogP contribution is -2.37. The number of carbonyl (C=O) groups excluding carboxylic acids is 1. The summed E-state index contributed by atoms with van der Waals surface area (Å²) in [6, 6.07) is 0. The van der Waals surface area contributed by atoms with Crippen LogP contribution in [0.4, 0.5) is 0 Å². The van der Waals surface area contributed by atoms with Crippen LogP contribution in [0.25, 0.3) is 0 Å². The van der Waals surface area contributed by atoms with Gasteiger partial charge in [0.25, 0.3) is 0 Å². The molecule has 2 atom stereocenters. The fourth-order valence-electron chi connectivity index (χ4n) is 1.72. The van der Waals surface area contributed by atoms with Crippen molar-refractivity contribution < 1.29 is 14.6 Å². The van der Waals surface area contributed by atoms with Crippen LogP contribution in [0.1, 0.15) is 26.2 Å². The largest absolute Gasteiger partial charge is 0.466 e. The average molecular weight is 182 g/mol. The fourth-order valence-corrected chi connectivity index (χ4v) is 1.72. The van der Waals surface area contributed by atoms with Crippen molar-refractivity contribution >= 4 is 5.97 Å². The first kappa shape index (κ1) is 10.1. The summed E-state index contributed by atoms with van der Waals surface area (Å²) in [7, 11) is 0. The molecule has 2 unspecified atom stereocenters. The maximum absolute atomic E-state index is 11.3. The summed E-state index contributed by atoms with van der Waals surface area (Å²) in [6.07, 6.45) is 7.08. The summed E-state index contributed by atoms with van der Waals surface area (Å²) in [6.45, 7) is 2.07. The summed E-state index contributed by atoms with van der Waals surface area (Å²) in [5.41, 5.74) is -1.27. The van der Waals surface area contributed by atoms with Crippen LogP contribution in [-0.2, 0) is 9.53 Å². The van der Waals surface area contributed by atoms with Crippen molar-refractivity contribution in [1.29, 1.82) is 0 Å². The predicted molar refractivity (Wildman–Crippen MR) is 47.8 cm³/mol. The molecule has 1 aliphatic rings. The van der Waals surface area contributed by atoms with Crippen molar-refractivity contribution in [2.75, 3.05) is 6.61 Å². The Morgan fingerprint density at radius 3 is 3.08 bits per heavy atom. The van der Waals surface area contributed by atoms with E-state index in [1.165, 1.54) is 0 Å². The lowest BCUT2D eigenvalue weighted by atomic mass is 9.92. The van der Waals surface area contributed by atoms with Gasteiger partial charge in [0.1, 0.15) is 5.60 Å². The highest BCUT2D eigenvalue weighted by atomic mass is 16.5. The van der Waals surface area contributed by atoms with Gasteiger partial charge in [-0.25, -0.2) is 0 Å². The molecule has 13 heavy (non-hydrogen) atoms. The Morgan fingerprint density at radius 1 is 1.85 bits per heavy atom. The van der Waals surface area contributed by atoms with Gasteiger partial charge in [-0.15, -0.1) is 6.42 Å². The SMILES string of the molecule is C#CC1(O)CCCC1C(=O)OCC. The standard InChI is InChI=1S/C10H14O3/c1-3-10(12)7-5-6-8(10)9(11)13-4-2/h1,8,12H,4-7H2,2H3. The quantitative estimate of drug-likeness (QED) is 0.505. The van der Waals surface area contributed by atoms with Gasteiger partial charge in [0.2, 0.25) is 0 Å². The van der Waals surface area contributed by atoms with Crippen molar-refractivity contribution in [3.05, 3.63) is 0 Å². The zero-order chi connectivity index (χ0) is 9.90. The van der Waals surface area contributed by atoms with E-state index in [0.717, 1.165) is 6.42 Å². The maximum Gasteiger partial charge on any atom is 0.312 e. The van der Waals surface area contributed by atoms with Crippen LogP contribution in [0.2, 0.25) is 0 Å². The van der Waals surface area contributed by atoms with Crippen LogP contribution >= 0.6 is 0 Å². The molecule has 0 aromatic carbocycles. The topological polar surface area (TPSA) is 46.5 Å². The Balaban J connectivity index is 2.70. The Hall–Kier alpha value is -1.01. The van der Waals surface area contributed by atoms with E-state index in [4.69, 9.17) is 11.2 Å². The van der Waals surface area contributed by atoms with E-state index < -0.39 is 11.5 Å². The van der Waals surface area contributed by atoms with Gasteiger partial charge in [0.15, 0.2) is 0 Å². The van der Waals surface area contributed by atoms with Crippen molar-refractivity contribution in [3.63, 3.8) is 0 Å². The zero-order valence-electron chi connectivity index (χ0n) is 7.75. The summed E-state index contributed by atoms with van der Waals surface area (Å²) in [4.78, 5) is 11.3. The van der Waals surface area contributed by atoms with Gasteiger partial charge >= 0.3 is 5.97 Å². The maximum atomic E-state index is 11.3. The summed E-state index contributed by atoms with van der Waals surface area (Å²) >= 11 is 0. The minimum absolute atomic E-state index is 0.329. The molecule has 3 heteroatoms. The predicted octanol–water partition coefficient (Wildman–Crippen LogP) is 0.714. The van der Waals surface area contributed by atoms with Crippen LogP contribution in [0.3, 0.4) is 0 Å². The zero-order valence-corrected chi connectivity index (χ0v) is 7.75. The molecule has 1 aliphatic carbocycles. The van der Waals surface area contributed by atoms with E-state index >= 15 is 0 Å². The number of hydrogen-bond donors (Lipinski definition) is 1. The Kier molecular flexibility index (Phi) is 2.94. The Morgan fingerprint density at radius 2 is 2.54 bits per heavy atom. The van der Waals surface area contributed by atoms with Gasteiger partial charge < -0.3 is 9.84 Å². The highest BCUT2D eigenvalue weighted by molar-refractivity contribution is 5.75. The Labute approximate surface area is 78.1 Å². The van der Waals surface area contributed by atoms with E-state index in [0.29, 0.717) is 19.4 Å². The molecule has 0 spiro atoms. The second-order valence-corrected chi connectivity index (χ2v) is 3.27. The third kappa shape index (κ3) is 1.84. The fraction of sp³-hybridized carbons (Fsp3) is 0.700. The minimum atomic E-state index is -1.27. The number of aliphatic hydroxyl groups is 1. The molecular weight excluding hydrogens is 168 g/mol. The van der Waals surface area contributed by atoms with Gasteiger partial charge in [-0.2, -0.15) is 0 Å². The van der Waals surface area contributed by atoms with Gasteiger partial charge in [0, 0.05) is 0 Å².